The van der Waals surface area contributed by atoms with Crippen LogP contribution < -0.4 is 0 Å². The smallest absolute Gasteiger partial charge is 0.154 e. The normalized spacial score (nSPS) is 31.8. The molecule has 0 unspecified atom stereocenters. The number of hydrogen-bond donors (Lipinski definition) is 3. The van der Waals surface area contributed by atoms with Gasteiger partial charge in [-0.3, -0.25) is 0 Å². The van der Waals surface area contributed by atoms with Crippen LogP contribution in [0.1, 0.15) is 39.0 Å². The summed E-state index contributed by atoms with van der Waals surface area (Å²) in [6.45, 7) is 1.95. The third kappa shape index (κ3) is 5.48. The van der Waals surface area contributed by atoms with Crippen molar-refractivity contribution in [2.45, 2.75) is 63.4 Å². The molecule has 1 rings (SSSR count). The molecule has 1 fully saturated rings. The molecule has 5 heteroatoms. The van der Waals surface area contributed by atoms with E-state index in [2.05, 4.69) is 6.92 Å². The van der Waals surface area contributed by atoms with Crippen LogP contribution in [0.2, 0.25) is 0 Å². The molecule has 112 valence electrons. The largest absolute Gasteiger partial charge is 0.493 e. The quantitative estimate of drug-likeness (QED) is 0.454. The Balaban J connectivity index is 2.27. The van der Waals surface area contributed by atoms with Crippen LogP contribution in [-0.2, 0) is 9.47 Å². The molecule has 0 saturated carbocycles. The number of ether oxygens (including phenoxy) is 2. The average Bonchev–Trinajstić information content (AvgIpc) is 2.41. The number of aliphatic hydroxyl groups excluding tert-OH is 3. The molecule has 1 heterocycles. The summed E-state index contributed by atoms with van der Waals surface area (Å²) in [7, 11) is 0. The molecule has 0 aromatic carbocycles. The Morgan fingerprint density at radius 2 is 2.05 bits per heavy atom. The van der Waals surface area contributed by atoms with Crippen molar-refractivity contribution in [3.05, 3.63) is 12.3 Å². The minimum atomic E-state index is -1.02. The van der Waals surface area contributed by atoms with Crippen LogP contribution in [0.5, 0.6) is 0 Å². The summed E-state index contributed by atoms with van der Waals surface area (Å²) >= 11 is 0. The van der Waals surface area contributed by atoms with E-state index in [0.717, 1.165) is 12.8 Å². The minimum Gasteiger partial charge on any atom is -0.493 e. The molecule has 4 atom stereocenters. The number of unbranched alkanes of at least 4 members (excludes halogenated alkanes) is 4. The molecule has 0 aromatic rings. The van der Waals surface area contributed by atoms with Gasteiger partial charge in [-0.15, -0.1) is 0 Å². The van der Waals surface area contributed by atoms with E-state index in [1.54, 1.807) is 0 Å². The van der Waals surface area contributed by atoms with Gasteiger partial charge < -0.3 is 24.8 Å². The lowest BCUT2D eigenvalue weighted by molar-refractivity contribution is -0.197. The molecule has 0 bridgehead atoms. The van der Waals surface area contributed by atoms with Gasteiger partial charge in [0.25, 0.3) is 0 Å². The summed E-state index contributed by atoms with van der Waals surface area (Å²) in [5.74, 6) is 0. The van der Waals surface area contributed by atoms with E-state index < -0.39 is 24.4 Å². The highest BCUT2D eigenvalue weighted by atomic mass is 16.6. The predicted molar refractivity (Wildman–Crippen MR) is 71.6 cm³/mol. The second kappa shape index (κ2) is 9.31. The molecule has 19 heavy (non-hydrogen) atoms. The first-order valence-electron chi connectivity index (χ1n) is 7.09. The van der Waals surface area contributed by atoms with Crippen molar-refractivity contribution >= 4 is 0 Å². The van der Waals surface area contributed by atoms with Gasteiger partial charge >= 0.3 is 0 Å². The van der Waals surface area contributed by atoms with Crippen molar-refractivity contribution in [2.24, 2.45) is 0 Å². The summed E-state index contributed by atoms with van der Waals surface area (Å²) in [5.41, 5.74) is 0. The summed E-state index contributed by atoms with van der Waals surface area (Å²) in [6, 6.07) is 0. The fraction of sp³-hybridized carbons (Fsp3) is 0.857. The molecule has 1 aliphatic rings. The first-order chi connectivity index (χ1) is 9.20. The van der Waals surface area contributed by atoms with Gasteiger partial charge in [-0.1, -0.05) is 26.2 Å². The molecule has 0 amide bonds. The Hall–Kier alpha value is -0.620. The maximum absolute atomic E-state index is 9.87. The van der Waals surface area contributed by atoms with Crippen LogP contribution in [0.3, 0.4) is 0 Å². The molecular weight excluding hydrogens is 248 g/mol. The van der Waals surface area contributed by atoms with Gasteiger partial charge in [-0.05, 0) is 18.9 Å². The van der Waals surface area contributed by atoms with Crippen molar-refractivity contribution < 1.29 is 24.8 Å². The van der Waals surface area contributed by atoms with Gasteiger partial charge in [-0.25, -0.2) is 0 Å². The van der Waals surface area contributed by atoms with Crippen molar-refractivity contribution in [3.8, 4) is 0 Å². The molecule has 5 nitrogen and oxygen atoms in total. The average molecular weight is 274 g/mol. The fourth-order valence-corrected chi connectivity index (χ4v) is 2.09. The summed E-state index contributed by atoms with van der Waals surface area (Å²) in [6.07, 6.45) is 5.82. The van der Waals surface area contributed by atoms with E-state index in [-0.39, 0.29) is 13.2 Å². The zero-order valence-corrected chi connectivity index (χ0v) is 11.6. The lowest BCUT2D eigenvalue weighted by Gasteiger charge is -2.36. The highest BCUT2D eigenvalue weighted by molar-refractivity contribution is 4.89. The maximum atomic E-state index is 9.87. The van der Waals surface area contributed by atoms with Gasteiger partial charge in [0, 0.05) is 0 Å². The molecule has 3 N–H and O–H groups in total. The molecule has 0 aliphatic carbocycles. The van der Waals surface area contributed by atoms with Crippen LogP contribution in [0.15, 0.2) is 12.3 Å². The summed E-state index contributed by atoms with van der Waals surface area (Å²) in [5, 5.41) is 28.6. The first kappa shape index (κ1) is 16.4. The van der Waals surface area contributed by atoms with Crippen LogP contribution in [0.4, 0.5) is 0 Å². The van der Waals surface area contributed by atoms with Gasteiger partial charge in [-0.2, -0.15) is 0 Å². The minimum absolute atomic E-state index is 0.0668. The van der Waals surface area contributed by atoms with Crippen molar-refractivity contribution in [2.75, 3.05) is 13.2 Å². The van der Waals surface area contributed by atoms with Crippen molar-refractivity contribution in [3.63, 3.8) is 0 Å². The highest BCUT2D eigenvalue weighted by Crippen LogP contribution is 2.18. The third-order valence-corrected chi connectivity index (χ3v) is 3.31. The lowest BCUT2D eigenvalue weighted by atomic mass is 10.0. The second-order valence-corrected chi connectivity index (χ2v) is 4.93. The van der Waals surface area contributed by atoms with E-state index in [1.165, 1.54) is 25.5 Å². The highest BCUT2D eigenvalue weighted by Gasteiger charge is 2.39. The monoisotopic (exact) mass is 274 g/mol. The van der Waals surface area contributed by atoms with Crippen LogP contribution >= 0.6 is 0 Å². The summed E-state index contributed by atoms with van der Waals surface area (Å²) < 4.78 is 10.5. The van der Waals surface area contributed by atoms with Gasteiger partial charge in [0.15, 0.2) is 6.10 Å². The topological polar surface area (TPSA) is 79.2 Å². The Morgan fingerprint density at radius 3 is 2.74 bits per heavy atom. The van der Waals surface area contributed by atoms with Crippen molar-refractivity contribution in [1.29, 1.82) is 0 Å². The zero-order chi connectivity index (χ0) is 14.1. The molecule has 0 aromatic heterocycles. The van der Waals surface area contributed by atoms with Crippen molar-refractivity contribution in [1.82, 2.24) is 0 Å². The molecule has 0 spiro atoms. The molecular formula is C14H26O5. The number of aliphatic hydroxyl groups is 3. The lowest BCUT2D eigenvalue weighted by Crippen LogP contribution is -2.54. The second-order valence-electron chi connectivity index (χ2n) is 4.93. The zero-order valence-electron chi connectivity index (χ0n) is 11.6. The van der Waals surface area contributed by atoms with Gasteiger partial charge in [0.2, 0.25) is 0 Å². The van der Waals surface area contributed by atoms with Gasteiger partial charge in [0.05, 0.1) is 19.5 Å². The van der Waals surface area contributed by atoms with Crippen LogP contribution in [0, 0.1) is 0 Å². The number of rotatable bonds is 8. The SMILES string of the molecule is CCCCCC/C=C/O[C@@H]1[C@@H](O)[C@H](CO)OC[C@H]1O. The Kier molecular flexibility index (Phi) is 8.05. The molecule has 1 saturated heterocycles. The maximum Gasteiger partial charge on any atom is 0.154 e. The van der Waals surface area contributed by atoms with Crippen LogP contribution in [-0.4, -0.2) is 52.9 Å². The standard InChI is InChI=1S/C14H26O5/c1-2-3-4-5-6-7-8-18-14-11(16)10-19-12(9-15)13(14)17/h7-8,11-17H,2-6,9-10H2,1H3/b8-7+/t11-,12+,13+,14+/m1/s1. The molecule has 1 aliphatic heterocycles. The molecule has 0 radical (unpaired) electrons. The Bertz CT molecular complexity index is 256. The fourth-order valence-electron chi connectivity index (χ4n) is 2.09. The van der Waals surface area contributed by atoms with E-state index in [0.29, 0.717) is 0 Å². The summed E-state index contributed by atoms with van der Waals surface area (Å²) in [4.78, 5) is 0. The predicted octanol–water partition coefficient (Wildman–Crippen LogP) is 0.969. The Labute approximate surface area is 114 Å². The number of hydrogen-bond acceptors (Lipinski definition) is 5. The van der Waals surface area contributed by atoms with Crippen LogP contribution in [0.25, 0.3) is 0 Å². The van der Waals surface area contributed by atoms with Gasteiger partial charge in [0.1, 0.15) is 18.3 Å². The van der Waals surface area contributed by atoms with E-state index in [9.17, 15) is 10.2 Å². The third-order valence-electron chi connectivity index (χ3n) is 3.31. The van der Waals surface area contributed by atoms with E-state index in [4.69, 9.17) is 14.6 Å². The Morgan fingerprint density at radius 1 is 1.26 bits per heavy atom. The van der Waals surface area contributed by atoms with E-state index in [1.807, 2.05) is 6.08 Å². The van der Waals surface area contributed by atoms with E-state index >= 15 is 0 Å². The number of allylic oxidation sites excluding steroid dienone is 1. The first-order valence-corrected chi connectivity index (χ1v) is 7.09.